The smallest absolute Gasteiger partial charge is 0.366 e. The third-order valence-electron chi connectivity index (χ3n) is 8.73. The normalized spacial score (nSPS) is 17.5. The zero-order valence-electron chi connectivity index (χ0n) is 26.0. The van der Waals surface area contributed by atoms with Gasteiger partial charge in [0.1, 0.15) is 11.6 Å². The number of sulfonamides is 1. The first kappa shape index (κ1) is 34.7. The molecule has 49 heavy (non-hydrogen) atoms. The fourth-order valence-electron chi connectivity index (χ4n) is 6.13. The van der Waals surface area contributed by atoms with Crippen molar-refractivity contribution < 1.29 is 35.2 Å². The van der Waals surface area contributed by atoms with Gasteiger partial charge in [-0.15, -0.1) is 0 Å². The fourth-order valence-corrected chi connectivity index (χ4v) is 8.08. The summed E-state index contributed by atoms with van der Waals surface area (Å²) in [6, 6.07) is 14.8. The number of carbonyl (C=O) groups is 1. The van der Waals surface area contributed by atoms with Gasteiger partial charge in [-0.2, -0.15) is 17.5 Å². The van der Waals surface area contributed by atoms with Crippen molar-refractivity contribution in [2.24, 2.45) is 0 Å². The van der Waals surface area contributed by atoms with Crippen molar-refractivity contribution in [2.75, 3.05) is 42.5 Å². The first-order valence-electron chi connectivity index (χ1n) is 15.6. The van der Waals surface area contributed by atoms with Crippen LogP contribution in [-0.4, -0.2) is 67.2 Å². The molecule has 0 unspecified atom stereocenters. The second-order valence-electron chi connectivity index (χ2n) is 11.9. The fraction of sp³-hybridized carbons (Fsp3) is 0.324. The van der Waals surface area contributed by atoms with Crippen molar-refractivity contribution in [1.82, 2.24) is 14.3 Å². The van der Waals surface area contributed by atoms with Gasteiger partial charge in [-0.05, 0) is 67.8 Å². The van der Waals surface area contributed by atoms with E-state index >= 15 is 0 Å². The quantitative estimate of drug-likeness (QED) is 0.177. The van der Waals surface area contributed by atoms with Crippen molar-refractivity contribution in [2.45, 2.75) is 42.8 Å². The molecule has 0 amide bonds. The number of alkyl halides is 3. The Morgan fingerprint density at radius 3 is 2.22 bits per heavy atom. The number of piperazine rings is 1. The molecule has 0 saturated carbocycles. The molecule has 0 aliphatic carbocycles. The third kappa shape index (κ3) is 7.55. The number of benzene rings is 3. The number of aryl methyl sites for hydroxylation is 1. The van der Waals surface area contributed by atoms with Gasteiger partial charge in [0.25, 0.3) is 0 Å². The van der Waals surface area contributed by atoms with Gasteiger partial charge in [0.15, 0.2) is 5.78 Å². The van der Waals surface area contributed by atoms with E-state index in [0.29, 0.717) is 67.6 Å². The van der Waals surface area contributed by atoms with Crippen LogP contribution in [0.25, 0.3) is 11.3 Å². The van der Waals surface area contributed by atoms with Gasteiger partial charge >= 0.3 is 6.18 Å². The van der Waals surface area contributed by atoms with Crippen LogP contribution in [0.15, 0.2) is 77.7 Å². The Morgan fingerprint density at radius 2 is 1.55 bits per heavy atom. The van der Waals surface area contributed by atoms with Crippen LogP contribution in [0.4, 0.5) is 33.6 Å². The van der Waals surface area contributed by atoms with Crippen molar-refractivity contribution >= 4 is 39.0 Å². The van der Waals surface area contributed by atoms with Crippen LogP contribution in [0.2, 0.25) is 5.02 Å². The van der Waals surface area contributed by atoms with E-state index in [-0.39, 0.29) is 40.9 Å². The third-order valence-corrected chi connectivity index (χ3v) is 10.9. The van der Waals surface area contributed by atoms with E-state index in [1.807, 2.05) is 9.80 Å². The minimum Gasteiger partial charge on any atom is -0.366 e. The average molecular weight is 720 g/mol. The molecule has 3 aromatic carbocycles. The van der Waals surface area contributed by atoms with Crippen molar-refractivity contribution in [3.05, 3.63) is 101 Å². The maximum atomic E-state index is 14.4. The Labute approximate surface area is 285 Å². The molecule has 1 atom stereocenters. The second kappa shape index (κ2) is 14.0. The van der Waals surface area contributed by atoms with Crippen LogP contribution in [0.5, 0.6) is 0 Å². The Morgan fingerprint density at radius 1 is 0.857 bits per heavy atom. The number of aromatic nitrogens is 2. The number of hydrogen-bond acceptors (Lipinski definition) is 7. The van der Waals surface area contributed by atoms with E-state index in [1.165, 1.54) is 18.2 Å². The van der Waals surface area contributed by atoms with Crippen LogP contribution < -0.4 is 9.80 Å². The van der Waals surface area contributed by atoms with Gasteiger partial charge in [-0.3, -0.25) is 4.79 Å². The monoisotopic (exact) mass is 719 g/mol. The van der Waals surface area contributed by atoms with E-state index in [2.05, 4.69) is 4.98 Å². The highest BCUT2D eigenvalue weighted by molar-refractivity contribution is 7.89. The van der Waals surface area contributed by atoms with Gasteiger partial charge < -0.3 is 9.80 Å². The van der Waals surface area contributed by atoms with Crippen LogP contribution in [0.3, 0.4) is 0 Å². The summed E-state index contributed by atoms with van der Waals surface area (Å²) in [5.74, 6) is -1.12. The molecule has 2 saturated heterocycles. The van der Waals surface area contributed by atoms with Crippen molar-refractivity contribution in [3.8, 4) is 11.3 Å². The molecule has 3 heterocycles. The number of halogens is 6. The number of hydrogen-bond donors (Lipinski definition) is 0. The summed E-state index contributed by atoms with van der Waals surface area (Å²) in [6.45, 7) is 1.92. The molecule has 258 valence electrons. The molecule has 0 radical (unpaired) electrons. The zero-order chi connectivity index (χ0) is 34.9. The summed E-state index contributed by atoms with van der Waals surface area (Å²) < 4.78 is 95.8. The zero-order valence-corrected chi connectivity index (χ0v) is 27.6. The molecule has 0 spiro atoms. The maximum absolute atomic E-state index is 14.4. The Balaban J connectivity index is 1.23. The number of nitrogens with zero attached hydrogens (tertiary/aromatic N) is 5. The van der Waals surface area contributed by atoms with Crippen LogP contribution in [-0.2, 0) is 27.4 Å². The molecular weight excluding hydrogens is 689 g/mol. The highest BCUT2D eigenvalue weighted by Crippen LogP contribution is 2.33. The van der Waals surface area contributed by atoms with Gasteiger partial charge in [0.05, 0.1) is 32.9 Å². The van der Waals surface area contributed by atoms with Gasteiger partial charge in [-0.1, -0.05) is 35.9 Å². The van der Waals surface area contributed by atoms with E-state index < -0.39 is 33.6 Å². The lowest BCUT2D eigenvalue weighted by Gasteiger charge is -2.36. The van der Waals surface area contributed by atoms with Crippen LogP contribution >= 0.6 is 11.6 Å². The lowest BCUT2D eigenvalue weighted by atomic mass is 10.0. The van der Waals surface area contributed by atoms with E-state index in [4.69, 9.17) is 16.6 Å². The molecule has 4 aromatic rings. The molecule has 0 bridgehead atoms. The molecule has 2 aliphatic heterocycles. The van der Waals surface area contributed by atoms with Crippen LogP contribution in [0, 0.1) is 11.6 Å². The van der Waals surface area contributed by atoms with Crippen molar-refractivity contribution in [3.63, 3.8) is 0 Å². The number of rotatable bonds is 9. The van der Waals surface area contributed by atoms with E-state index in [9.17, 15) is 35.2 Å². The summed E-state index contributed by atoms with van der Waals surface area (Å²) in [5, 5.41) is -0.347. The SMILES string of the molecule is O=C(CCc1cc(-c2ccc(C(F)(F)F)cc2)nc(N2CCN(c3ccccc3F)CC2)n1)[C@@H]1CCCN1S(=O)(=O)c1ccc(F)c(Cl)c1. The number of para-hydroxylation sites is 1. The van der Waals surface area contributed by atoms with E-state index in [1.54, 1.807) is 24.3 Å². The van der Waals surface area contributed by atoms with Crippen molar-refractivity contribution in [1.29, 1.82) is 0 Å². The molecule has 2 fully saturated rings. The topological polar surface area (TPSA) is 86.7 Å². The predicted molar refractivity (Wildman–Crippen MR) is 175 cm³/mol. The number of ketones is 1. The first-order valence-corrected chi connectivity index (χ1v) is 17.4. The summed E-state index contributed by atoms with van der Waals surface area (Å²) in [6.07, 6.45) is -3.69. The minimum atomic E-state index is -4.51. The predicted octanol–water partition coefficient (Wildman–Crippen LogP) is 6.78. The second-order valence-corrected chi connectivity index (χ2v) is 14.2. The number of Topliss-reactive ketones (excluding diaryl/α,β-unsaturated/α-hetero) is 1. The number of anilines is 2. The molecule has 1 aromatic heterocycles. The summed E-state index contributed by atoms with van der Waals surface area (Å²) >= 11 is 5.83. The van der Waals surface area contributed by atoms with E-state index in [0.717, 1.165) is 34.6 Å². The standard InChI is InChI=1S/C34H31ClF5N5O3S/c35-26-21-25(12-13-27(26)36)49(47,48)45-15-3-6-31(45)32(46)14-11-24-20-29(22-7-9-23(10-8-22)34(38,39)40)42-33(41-24)44-18-16-43(17-19-44)30-5-2-1-4-28(30)37/h1-2,4-5,7-10,12-13,20-21,31H,3,6,11,14-19H2/t31-/m0/s1. The number of carbonyl (C=O) groups excluding carboxylic acids is 1. The summed E-state index contributed by atoms with van der Waals surface area (Å²) in [7, 11) is -4.14. The maximum Gasteiger partial charge on any atom is 0.416 e. The van der Waals surface area contributed by atoms with Gasteiger partial charge in [-0.25, -0.2) is 27.2 Å². The molecule has 2 aliphatic rings. The Bertz CT molecular complexity index is 1950. The average Bonchev–Trinajstić information content (AvgIpc) is 3.60. The minimum absolute atomic E-state index is 0.0647. The van der Waals surface area contributed by atoms with Gasteiger partial charge in [0, 0.05) is 50.4 Å². The largest absolute Gasteiger partial charge is 0.416 e. The molecule has 8 nitrogen and oxygen atoms in total. The Hall–Kier alpha value is -4.14. The van der Waals surface area contributed by atoms with Crippen LogP contribution in [0.1, 0.15) is 30.5 Å². The summed E-state index contributed by atoms with van der Waals surface area (Å²) in [4.78, 5) is 26.5. The lowest BCUT2D eigenvalue weighted by molar-refractivity contribution is -0.137. The van der Waals surface area contributed by atoms with Gasteiger partial charge in [0.2, 0.25) is 16.0 Å². The highest BCUT2D eigenvalue weighted by atomic mass is 35.5. The summed E-state index contributed by atoms with van der Waals surface area (Å²) in [5.41, 5.74) is 0.893. The first-order chi connectivity index (χ1) is 23.3. The Kier molecular flexibility index (Phi) is 9.92. The molecular formula is C34H31ClF5N5O3S. The molecule has 6 rings (SSSR count). The lowest BCUT2D eigenvalue weighted by Crippen LogP contribution is -2.47. The molecule has 15 heteroatoms. The molecule has 0 N–H and O–H groups in total. The highest BCUT2D eigenvalue weighted by Gasteiger charge is 2.39.